The van der Waals surface area contributed by atoms with Gasteiger partial charge >= 0.3 is 5.97 Å². The average molecular weight is 288 g/mol. The van der Waals surface area contributed by atoms with E-state index >= 15 is 0 Å². The van der Waals surface area contributed by atoms with E-state index in [2.05, 4.69) is 4.98 Å². The zero-order valence-electron chi connectivity index (χ0n) is 12.2. The Hall–Kier alpha value is -1.91. The lowest BCUT2D eigenvalue weighted by molar-refractivity contribution is -0.149. The SMILES string of the molecule is CC1C[C@H](C(=O)N2CCc3ncccc3C2)[C@H](C(=O)O)C1. The molecule has 1 N–H and O–H groups in total. The number of fused-ring (bicyclic) bond motifs is 1. The Bertz CT molecular complexity index is 572. The van der Waals surface area contributed by atoms with Crippen molar-refractivity contribution < 1.29 is 14.7 Å². The molecule has 0 aromatic carbocycles. The third-order valence-electron chi connectivity index (χ3n) is 4.71. The van der Waals surface area contributed by atoms with Crippen molar-refractivity contribution in [3.63, 3.8) is 0 Å². The van der Waals surface area contributed by atoms with Crippen LogP contribution < -0.4 is 0 Å². The van der Waals surface area contributed by atoms with Crippen molar-refractivity contribution in [3.8, 4) is 0 Å². The fourth-order valence-electron chi connectivity index (χ4n) is 3.63. The van der Waals surface area contributed by atoms with Gasteiger partial charge in [0.25, 0.3) is 0 Å². The molecule has 1 unspecified atom stereocenters. The van der Waals surface area contributed by atoms with E-state index < -0.39 is 11.9 Å². The highest BCUT2D eigenvalue weighted by Crippen LogP contribution is 2.38. The summed E-state index contributed by atoms with van der Waals surface area (Å²) in [6.45, 7) is 3.22. The Balaban J connectivity index is 1.76. The van der Waals surface area contributed by atoms with Crippen molar-refractivity contribution in [2.24, 2.45) is 17.8 Å². The minimum atomic E-state index is -0.836. The first-order chi connectivity index (χ1) is 10.1. The van der Waals surface area contributed by atoms with Crippen molar-refractivity contribution in [3.05, 3.63) is 29.6 Å². The maximum Gasteiger partial charge on any atom is 0.307 e. The van der Waals surface area contributed by atoms with Gasteiger partial charge in [0.05, 0.1) is 11.8 Å². The number of carbonyl (C=O) groups excluding carboxylic acids is 1. The fraction of sp³-hybridized carbons (Fsp3) is 0.562. The molecule has 1 aliphatic heterocycles. The molecule has 1 amide bonds. The Morgan fingerprint density at radius 1 is 1.33 bits per heavy atom. The Labute approximate surface area is 124 Å². The number of aromatic nitrogens is 1. The predicted molar refractivity (Wildman–Crippen MR) is 76.4 cm³/mol. The summed E-state index contributed by atoms with van der Waals surface area (Å²) in [5, 5.41) is 9.33. The van der Waals surface area contributed by atoms with E-state index in [1.54, 1.807) is 6.20 Å². The zero-order valence-corrected chi connectivity index (χ0v) is 12.2. The number of carboxylic acids is 1. The van der Waals surface area contributed by atoms with Crippen LogP contribution in [-0.4, -0.2) is 33.4 Å². The van der Waals surface area contributed by atoms with Crippen LogP contribution in [0.4, 0.5) is 0 Å². The summed E-state index contributed by atoms with van der Waals surface area (Å²) in [4.78, 5) is 30.2. The highest BCUT2D eigenvalue weighted by atomic mass is 16.4. The summed E-state index contributed by atoms with van der Waals surface area (Å²) in [5.74, 6) is -1.42. The van der Waals surface area contributed by atoms with Gasteiger partial charge < -0.3 is 10.0 Å². The van der Waals surface area contributed by atoms with Gasteiger partial charge in [-0.05, 0) is 30.4 Å². The predicted octanol–water partition coefficient (Wildman–Crippen LogP) is 1.71. The number of hydrogen-bond donors (Lipinski definition) is 1. The summed E-state index contributed by atoms with van der Waals surface area (Å²) < 4.78 is 0. The lowest BCUT2D eigenvalue weighted by Gasteiger charge is -2.31. The third kappa shape index (κ3) is 2.64. The number of carbonyl (C=O) groups is 2. The van der Waals surface area contributed by atoms with E-state index in [-0.39, 0.29) is 11.8 Å². The quantitative estimate of drug-likeness (QED) is 0.899. The summed E-state index contributed by atoms with van der Waals surface area (Å²) >= 11 is 0. The number of amides is 1. The van der Waals surface area contributed by atoms with E-state index in [4.69, 9.17) is 0 Å². The number of rotatable bonds is 2. The average Bonchev–Trinajstić information content (AvgIpc) is 2.88. The van der Waals surface area contributed by atoms with E-state index in [1.807, 2.05) is 24.0 Å². The molecule has 0 bridgehead atoms. The second-order valence-electron chi connectivity index (χ2n) is 6.25. The minimum Gasteiger partial charge on any atom is -0.481 e. The van der Waals surface area contributed by atoms with Gasteiger partial charge in [-0.15, -0.1) is 0 Å². The van der Waals surface area contributed by atoms with Crippen LogP contribution in [0, 0.1) is 17.8 Å². The normalized spacial score (nSPS) is 28.2. The van der Waals surface area contributed by atoms with Crippen molar-refractivity contribution >= 4 is 11.9 Å². The molecule has 1 aliphatic carbocycles. The molecule has 5 heteroatoms. The number of carboxylic acid groups (broad SMARTS) is 1. The van der Waals surface area contributed by atoms with Crippen LogP contribution in [0.2, 0.25) is 0 Å². The molecule has 5 nitrogen and oxygen atoms in total. The second-order valence-corrected chi connectivity index (χ2v) is 6.25. The number of pyridine rings is 1. The van der Waals surface area contributed by atoms with Crippen LogP contribution in [0.1, 0.15) is 31.0 Å². The van der Waals surface area contributed by atoms with Gasteiger partial charge in [0.15, 0.2) is 0 Å². The minimum absolute atomic E-state index is 0.00116. The van der Waals surface area contributed by atoms with Gasteiger partial charge in [0, 0.05) is 31.4 Å². The van der Waals surface area contributed by atoms with Gasteiger partial charge in [-0.25, -0.2) is 0 Å². The summed E-state index contributed by atoms with van der Waals surface area (Å²) in [6.07, 6.45) is 3.82. The molecule has 3 rings (SSSR count). The Morgan fingerprint density at radius 2 is 2.10 bits per heavy atom. The largest absolute Gasteiger partial charge is 0.481 e. The highest BCUT2D eigenvalue weighted by molar-refractivity contribution is 5.85. The van der Waals surface area contributed by atoms with E-state index in [1.165, 1.54) is 0 Å². The Kier molecular flexibility index (Phi) is 3.66. The molecule has 0 radical (unpaired) electrons. The molecule has 1 aromatic rings. The van der Waals surface area contributed by atoms with E-state index in [0.29, 0.717) is 31.8 Å². The first-order valence-corrected chi connectivity index (χ1v) is 7.50. The molecular weight excluding hydrogens is 268 g/mol. The van der Waals surface area contributed by atoms with Gasteiger partial charge in [0.2, 0.25) is 5.91 Å². The fourth-order valence-corrected chi connectivity index (χ4v) is 3.63. The molecule has 0 spiro atoms. The lowest BCUT2D eigenvalue weighted by Crippen LogP contribution is -2.42. The van der Waals surface area contributed by atoms with Crippen molar-refractivity contribution in [1.29, 1.82) is 0 Å². The molecular formula is C16H20N2O3. The first-order valence-electron chi connectivity index (χ1n) is 7.50. The van der Waals surface area contributed by atoms with E-state index in [9.17, 15) is 14.7 Å². The highest BCUT2D eigenvalue weighted by Gasteiger charge is 2.43. The molecule has 1 saturated carbocycles. The summed E-state index contributed by atoms with van der Waals surface area (Å²) in [7, 11) is 0. The monoisotopic (exact) mass is 288 g/mol. The van der Waals surface area contributed by atoms with Gasteiger partial charge in [-0.1, -0.05) is 13.0 Å². The maximum absolute atomic E-state index is 12.7. The van der Waals surface area contributed by atoms with E-state index in [0.717, 1.165) is 17.7 Å². The zero-order chi connectivity index (χ0) is 15.0. The van der Waals surface area contributed by atoms with Crippen LogP contribution in [0.25, 0.3) is 0 Å². The number of hydrogen-bond acceptors (Lipinski definition) is 3. The molecule has 3 atom stereocenters. The number of aliphatic carboxylic acids is 1. The topological polar surface area (TPSA) is 70.5 Å². The molecule has 1 aromatic heterocycles. The van der Waals surface area contributed by atoms with Crippen molar-refractivity contribution in [1.82, 2.24) is 9.88 Å². The van der Waals surface area contributed by atoms with Crippen LogP contribution in [0.5, 0.6) is 0 Å². The maximum atomic E-state index is 12.7. The van der Waals surface area contributed by atoms with Crippen molar-refractivity contribution in [2.45, 2.75) is 32.7 Å². The lowest BCUT2D eigenvalue weighted by atomic mass is 9.93. The van der Waals surface area contributed by atoms with Crippen LogP contribution >= 0.6 is 0 Å². The second kappa shape index (κ2) is 5.47. The molecule has 2 heterocycles. The van der Waals surface area contributed by atoms with Gasteiger partial charge in [0.1, 0.15) is 0 Å². The molecule has 1 fully saturated rings. The first kappa shape index (κ1) is 14.0. The summed E-state index contributed by atoms with van der Waals surface area (Å²) in [5.41, 5.74) is 2.13. The van der Waals surface area contributed by atoms with Gasteiger partial charge in [-0.2, -0.15) is 0 Å². The van der Waals surface area contributed by atoms with Crippen LogP contribution in [0.15, 0.2) is 18.3 Å². The van der Waals surface area contributed by atoms with Crippen LogP contribution in [0.3, 0.4) is 0 Å². The van der Waals surface area contributed by atoms with Crippen molar-refractivity contribution in [2.75, 3.05) is 6.54 Å². The van der Waals surface area contributed by atoms with Crippen LogP contribution in [-0.2, 0) is 22.6 Å². The Morgan fingerprint density at radius 3 is 2.86 bits per heavy atom. The molecule has 0 saturated heterocycles. The molecule has 2 aliphatic rings. The smallest absolute Gasteiger partial charge is 0.307 e. The standard InChI is InChI=1S/C16H20N2O3/c1-10-7-12(13(8-10)16(20)21)15(19)18-6-4-14-11(9-18)3-2-5-17-14/h2-3,5,10,12-13H,4,6-9H2,1H3,(H,20,21)/t10?,12-,13+/m0/s1. The third-order valence-corrected chi connectivity index (χ3v) is 4.71. The van der Waals surface area contributed by atoms with Gasteiger partial charge in [-0.3, -0.25) is 14.6 Å². The molecule has 112 valence electrons. The molecule has 21 heavy (non-hydrogen) atoms. The number of nitrogens with zero attached hydrogens (tertiary/aromatic N) is 2. The summed E-state index contributed by atoms with van der Waals surface area (Å²) in [6, 6.07) is 3.87.